The number of amides is 1. The third kappa shape index (κ3) is 3.58. The molecule has 0 atom stereocenters. The van der Waals surface area contributed by atoms with Gasteiger partial charge in [0.05, 0.1) is 6.42 Å². The molecule has 0 radical (unpaired) electrons. The normalized spacial score (nSPS) is 17.1. The van der Waals surface area contributed by atoms with Gasteiger partial charge in [0.1, 0.15) is 0 Å². The van der Waals surface area contributed by atoms with Crippen LogP contribution < -0.4 is 9.47 Å². The molecule has 2 aliphatic rings. The average Bonchev–Trinajstić information content (AvgIpc) is 3.24. The molecule has 1 fully saturated rings. The van der Waals surface area contributed by atoms with Gasteiger partial charge in [0.2, 0.25) is 18.6 Å². The molecular formula is C17H20N4O4. The summed E-state index contributed by atoms with van der Waals surface area (Å²) in [5.74, 6) is 2.59. The fourth-order valence-electron chi connectivity index (χ4n) is 3.11. The highest BCUT2D eigenvalue weighted by molar-refractivity contribution is 5.78. The van der Waals surface area contributed by atoms with E-state index in [1.165, 1.54) is 5.56 Å². The first kappa shape index (κ1) is 15.9. The second-order valence-electron chi connectivity index (χ2n) is 6.25. The Balaban J connectivity index is 1.28. The third-order valence-corrected chi connectivity index (χ3v) is 4.45. The largest absolute Gasteiger partial charge is 0.454 e. The molecule has 132 valence electrons. The van der Waals surface area contributed by atoms with Crippen molar-refractivity contribution in [2.45, 2.75) is 19.9 Å². The lowest BCUT2D eigenvalue weighted by Gasteiger charge is -2.34. The molecule has 25 heavy (non-hydrogen) atoms. The predicted molar refractivity (Wildman–Crippen MR) is 87.2 cm³/mol. The number of hydrogen-bond acceptors (Lipinski definition) is 7. The van der Waals surface area contributed by atoms with Gasteiger partial charge in [-0.1, -0.05) is 11.2 Å². The highest BCUT2D eigenvalue weighted by atomic mass is 16.7. The van der Waals surface area contributed by atoms with E-state index in [4.69, 9.17) is 14.0 Å². The first-order valence-electron chi connectivity index (χ1n) is 8.35. The number of carbonyl (C=O) groups is 1. The second kappa shape index (κ2) is 6.72. The van der Waals surface area contributed by atoms with Gasteiger partial charge in [0, 0.05) is 39.6 Å². The molecule has 2 aliphatic heterocycles. The summed E-state index contributed by atoms with van der Waals surface area (Å²) in [6.45, 7) is 5.94. The Morgan fingerprint density at radius 3 is 2.72 bits per heavy atom. The molecule has 4 rings (SSSR count). The summed E-state index contributed by atoms with van der Waals surface area (Å²) in [5, 5.41) is 3.78. The van der Waals surface area contributed by atoms with Gasteiger partial charge in [-0.2, -0.15) is 4.98 Å². The topological polar surface area (TPSA) is 80.9 Å². The molecule has 0 N–H and O–H groups in total. The summed E-state index contributed by atoms with van der Waals surface area (Å²) >= 11 is 0. The Kier molecular flexibility index (Phi) is 4.27. The standard InChI is InChI=1S/C17H20N4O4/c1-12-18-16(19-25-12)9-17(22)21-6-4-20(5-7-21)10-13-2-3-14-15(8-13)24-11-23-14/h2-3,8H,4-7,9-11H2,1H3. The molecular weight excluding hydrogens is 324 g/mol. The first-order valence-corrected chi connectivity index (χ1v) is 8.35. The summed E-state index contributed by atoms with van der Waals surface area (Å²) in [7, 11) is 0. The molecule has 1 amide bonds. The predicted octanol–water partition coefficient (Wildman–Crippen LogP) is 0.994. The molecule has 2 aromatic rings. The molecule has 1 saturated heterocycles. The van der Waals surface area contributed by atoms with Crippen molar-refractivity contribution in [3.05, 3.63) is 35.5 Å². The molecule has 0 saturated carbocycles. The van der Waals surface area contributed by atoms with E-state index in [0.717, 1.165) is 31.1 Å². The summed E-state index contributed by atoms with van der Waals surface area (Å²) in [6, 6.07) is 6.03. The van der Waals surface area contributed by atoms with E-state index in [1.807, 2.05) is 17.0 Å². The Hall–Kier alpha value is -2.61. The number of piperazine rings is 1. The van der Waals surface area contributed by atoms with Gasteiger partial charge in [-0.25, -0.2) is 0 Å². The Labute approximate surface area is 145 Å². The SMILES string of the molecule is Cc1nc(CC(=O)N2CCN(Cc3ccc4c(c3)OCO4)CC2)no1. The van der Waals surface area contributed by atoms with Crippen LogP contribution in [0.3, 0.4) is 0 Å². The highest BCUT2D eigenvalue weighted by Gasteiger charge is 2.23. The van der Waals surface area contributed by atoms with E-state index >= 15 is 0 Å². The molecule has 0 bridgehead atoms. The number of aryl methyl sites for hydroxylation is 1. The average molecular weight is 344 g/mol. The number of hydrogen-bond donors (Lipinski definition) is 0. The van der Waals surface area contributed by atoms with E-state index in [9.17, 15) is 4.79 Å². The fraction of sp³-hybridized carbons (Fsp3) is 0.471. The number of fused-ring (bicyclic) bond motifs is 1. The number of rotatable bonds is 4. The minimum Gasteiger partial charge on any atom is -0.454 e. The van der Waals surface area contributed by atoms with Crippen LogP contribution in [0.4, 0.5) is 0 Å². The van der Waals surface area contributed by atoms with Crippen molar-refractivity contribution in [1.82, 2.24) is 19.9 Å². The van der Waals surface area contributed by atoms with Crippen molar-refractivity contribution in [2.75, 3.05) is 33.0 Å². The van der Waals surface area contributed by atoms with Gasteiger partial charge < -0.3 is 18.9 Å². The van der Waals surface area contributed by atoms with Crippen LogP contribution in [-0.4, -0.2) is 58.8 Å². The highest BCUT2D eigenvalue weighted by Crippen LogP contribution is 2.32. The van der Waals surface area contributed by atoms with Crippen molar-refractivity contribution in [2.24, 2.45) is 0 Å². The van der Waals surface area contributed by atoms with Crippen LogP contribution in [0.15, 0.2) is 22.7 Å². The monoisotopic (exact) mass is 344 g/mol. The lowest BCUT2D eigenvalue weighted by Crippen LogP contribution is -2.48. The zero-order valence-corrected chi connectivity index (χ0v) is 14.1. The molecule has 1 aromatic heterocycles. The van der Waals surface area contributed by atoms with Gasteiger partial charge in [-0.3, -0.25) is 9.69 Å². The van der Waals surface area contributed by atoms with Crippen LogP contribution in [0.2, 0.25) is 0 Å². The van der Waals surface area contributed by atoms with Crippen LogP contribution in [0.5, 0.6) is 11.5 Å². The lowest BCUT2D eigenvalue weighted by molar-refractivity contribution is -0.132. The van der Waals surface area contributed by atoms with Crippen molar-refractivity contribution in [3.8, 4) is 11.5 Å². The van der Waals surface area contributed by atoms with E-state index in [2.05, 4.69) is 21.1 Å². The maximum Gasteiger partial charge on any atom is 0.231 e. The second-order valence-corrected chi connectivity index (χ2v) is 6.25. The van der Waals surface area contributed by atoms with Crippen LogP contribution >= 0.6 is 0 Å². The van der Waals surface area contributed by atoms with Crippen molar-refractivity contribution >= 4 is 5.91 Å². The zero-order valence-electron chi connectivity index (χ0n) is 14.1. The molecule has 3 heterocycles. The van der Waals surface area contributed by atoms with Crippen LogP contribution in [0.25, 0.3) is 0 Å². The van der Waals surface area contributed by atoms with Gasteiger partial charge in [0.25, 0.3) is 0 Å². The van der Waals surface area contributed by atoms with Crippen molar-refractivity contribution in [3.63, 3.8) is 0 Å². The minimum atomic E-state index is 0.0449. The number of carbonyl (C=O) groups excluding carboxylic acids is 1. The summed E-state index contributed by atoms with van der Waals surface area (Å²) in [6.07, 6.45) is 0.194. The van der Waals surface area contributed by atoms with E-state index in [1.54, 1.807) is 6.92 Å². The number of ether oxygens (including phenoxy) is 2. The van der Waals surface area contributed by atoms with Crippen molar-refractivity contribution < 1.29 is 18.8 Å². The maximum atomic E-state index is 12.3. The number of aromatic nitrogens is 2. The van der Waals surface area contributed by atoms with Crippen molar-refractivity contribution in [1.29, 1.82) is 0 Å². The van der Waals surface area contributed by atoms with E-state index in [-0.39, 0.29) is 12.3 Å². The third-order valence-electron chi connectivity index (χ3n) is 4.45. The van der Waals surface area contributed by atoms with Gasteiger partial charge in [-0.15, -0.1) is 0 Å². The van der Waals surface area contributed by atoms with Gasteiger partial charge in [0.15, 0.2) is 17.3 Å². The Morgan fingerprint density at radius 2 is 1.96 bits per heavy atom. The minimum absolute atomic E-state index is 0.0449. The molecule has 8 heteroatoms. The zero-order chi connectivity index (χ0) is 17.2. The molecule has 8 nitrogen and oxygen atoms in total. The fourth-order valence-corrected chi connectivity index (χ4v) is 3.11. The van der Waals surface area contributed by atoms with E-state index < -0.39 is 0 Å². The maximum absolute atomic E-state index is 12.3. The summed E-state index contributed by atoms with van der Waals surface area (Å²) in [4.78, 5) is 20.6. The van der Waals surface area contributed by atoms with Crippen LogP contribution in [-0.2, 0) is 17.8 Å². The van der Waals surface area contributed by atoms with Gasteiger partial charge in [-0.05, 0) is 17.7 Å². The Bertz CT molecular complexity index is 768. The van der Waals surface area contributed by atoms with Crippen LogP contribution in [0.1, 0.15) is 17.3 Å². The van der Waals surface area contributed by atoms with E-state index in [0.29, 0.717) is 31.6 Å². The molecule has 0 spiro atoms. The molecule has 0 aliphatic carbocycles. The smallest absolute Gasteiger partial charge is 0.231 e. The molecule has 0 unspecified atom stereocenters. The first-order chi connectivity index (χ1) is 12.2. The van der Waals surface area contributed by atoms with Gasteiger partial charge >= 0.3 is 0 Å². The Morgan fingerprint density at radius 1 is 1.16 bits per heavy atom. The number of benzene rings is 1. The lowest BCUT2D eigenvalue weighted by atomic mass is 10.1. The quantitative estimate of drug-likeness (QED) is 0.818. The summed E-state index contributed by atoms with van der Waals surface area (Å²) < 4.78 is 15.7. The molecule has 1 aromatic carbocycles. The summed E-state index contributed by atoms with van der Waals surface area (Å²) in [5.41, 5.74) is 1.19. The van der Waals surface area contributed by atoms with Crippen LogP contribution in [0, 0.1) is 6.92 Å². The number of nitrogens with zero attached hydrogens (tertiary/aromatic N) is 4.